The Morgan fingerprint density at radius 1 is 0.385 bits per heavy atom. The molecule has 1 spiro atoms. The van der Waals surface area contributed by atoms with Gasteiger partial charge in [0.15, 0.2) is 0 Å². The van der Waals surface area contributed by atoms with Gasteiger partial charge in [0, 0.05) is 153 Å². The van der Waals surface area contributed by atoms with E-state index in [0.29, 0.717) is 40.4 Å². The third-order valence-electron chi connectivity index (χ3n) is 19.5. The second-order valence-corrected chi connectivity index (χ2v) is 41.6. The number of amides is 8. The van der Waals surface area contributed by atoms with Gasteiger partial charge < -0.3 is 39.2 Å². The van der Waals surface area contributed by atoms with E-state index in [-0.39, 0.29) is 91.2 Å². The van der Waals surface area contributed by atoms with E-state index in [0.717, 1.165) is 84.5 Å². The second kappa shape index (κ2) is 38.1. The lowest BCUT2D eigenvalue weighted by Gasteiger charge is -2.53. The van der Waals surface area contributed by atoms with Crippen LogP contribution in [-0.4, -0.2) is 204 Å². The Hall–Kier alpha value is -5.42. The Kier molecular flexibility index (Phi) is 35.4. The largest absolute Gasteiger partial charge is 0.348 e. The number of likely N-dealkylation sites (tertiary alicyclic amines) is 7. The summed E-state index contributed by atoms with van der Waals surface area (Å²) in [5.41, 5.74) is -0.903. The quantitative estimate of drug-likeness (QED) is 0.278. The van der Waals surface area contributed by atoms with E-state index in [1.807, 2.05) is 218 Å². The van der Waals surface area contributed by atoms with Gasteiger partial charge in [0.25, 0.3) is 0 Å². The molecule has 9 rings (SSSR count). The predicted molar refractivity (Wildman–Crippen MR) is 426 cm³/mol. The van der Waals surface area contributed by atoms with Crippen molar-refractivity contribution in [3.8, 4) is 0 Å². The lowest BCUT2D eigenvalue weighted by Crippen LogP contribution is -2.61. The van der Waals surface area contributed by atoms with Crippen LogP contribution in [0.25, 0.3) is 0 Å². The predicted octanol–water partition coefficient (Wildman–Crippen LogP) is 16.6. The molecule has 600 valence electrons. The molecular weight excluding hydrogens is 1310 g/mol. The van der Waals surface area contributed by atoms with Gasteiger partial charge in [0.1, 0.15) is 11.5 Å². The fraction of sp³-hybridized carbons (Fsp3) is 0.826. The van der Waals surface area contributed by atoms with Crippen LogP contribution in [0.4, 0.5) is 4.39 Å². The van der Waals surface area contributed by atoms with Crippen LogP contribution in [0, 0.1) is 65.5 Å². The lowest BCUT2D eigenvalue weighted by atomic mass is 9.68. The van der Waals surface area contributed by atoms with Crippen LogP contribution in [-0.2, 0) is 43.2 Å². The van der Waals surface area contributed by atoms with Crippen molar-refractivity contribution in [2.24, 2.45) is 65.5 Å². The van der Waals surface area contributed by atoms with Crippen molar-refractivity contribution in [1.29, 1.82) is 0 Å². The molecule has 7 aliphatic heterocycles. The van der Waals surface area contributed by atoms with Crippen LogP contribution in [0.1, 0.15) is 291 Å². The average Bonchev–Trinajstić information content (AvgIpc) is 0.875. The number of Topliss-reactive ketones (excluding diaryl/α,β-unsaturated/α-hetero) is 1. The van der Waals surface area contributed by atoms with Gasteiger partial charge in [0.2, 0.25) is 47.3 Å². The van der Waals surface area contributed by atoms with Gasteiger partial charge in [-0.3, -0.25) is 43.2 Å². The van der Waals surface area contributed by atoms with Crippen molar-refractivity contribution in [3.63, 3.8) is 0 Å². The molecule has 1 aromatic carbocycles. The van der Waals surface area contributed by atoms with E-state index in [1.54, 1.807) is 30.8 Å². The van der Waals surface area contributed by atoms with Gasteiger partial charge in [-0.15, -0.1) is 0 Å². The van der Waals surface area contributed by atoms with Gasteiger partial charge in [-0.1, -0.05) is 257 Å². The van der Waals surface area contributed by atoms with Crippen molar-refractivity contribution in [3.05, 3.63) is 35.9 Å². The van der Waals surface area contributed by atoms with E-state index >= 15 is 0 Å². The van der Waals surface area contributed by atoms with Crippen LogP contribution >= 0.6 is 0 Å². The number of ketones is 1. The highest BCUT2D eigenvalue weighted by atomic mass is 19.1. The summed E-state index contributed by atoms with van der Waals surface area (Å²) in [5.74, 6) is 3.51. The van der Waals surface area contributed by atoms with Gasteiger partial charge >= 0.3 is 0 Å². The zero-order valence-electron chi connectivity index (χ0n) is 72.9. The molecule has 0 atom stereocenters. The molecule has 8 amide bonds. The third kappa shape index (κ3) is 33.0. The zero-order chi connectivity index (χ0) is 81.3. The van der Waals surface area contributed by atoms with Crippen molar-refractivity contribution in [2.75, 3.05) is 106 Å². The number of halogens is 1. The summed E-state index contributed by atoms with van der Waals surface area (Å²) in [5, 5.41) is 0. The van der Waals surface area contributed by atoms with E-state index in [9.17, 15) is 47.5 Å². The standard InChI is InChI=1S/C14H19NO.C13H23NO.2C10H19NO.C9H16FNO.C9H17NO.C8H15NO.C7H15NO.C6H12O/c1-14(2,3)13(16)15-9-12(10-15)11-7-5-4-6-8-11;1-12(2,3)11(15)14-9-13(10-14)7-5-4-6-8-13;1-9(2,3)8(12)11-6-10(4,5)7-11;1-5-8-6-11(7-8)9(12)10(2,3)4;1-8(2,3)7(12)11-5-9(4,10)6-11;1-9(2,3)8(11)10-6-4-5-7-10;1-8(2,3)7(10)9-5-4-6-9;1-7(2,3)6(9)8(4)5;1-5(7)6(2,3)4/h4-8,12H,9-10H2,1-3H3;4-10H2,1-3H3;6-7H2,1-5H3;8H,5-7H2,1-4H3;5-6H2,1-4H3;4-7H2,1-3H3;4-6H2,1-3H3;1-5H3;1-4H3. The highest BCUT2D eigenvalue weighted by Gasteiger charge is 2.48. The van der Waals surface area contributed by atoms with Crippen molar-refractivity contribution < 1.29 is 47.5 Å². The Morgan fingerprint density at radius 2 is 0.673 bits per heavy atom. The fourth-order valence-electron chi connectivity index (χ4n) is 12.6. The summed E-state index contributed by atoms with van der Waals surface area (Å²) in [6.45, 7) is 74.4. The van der Waals surface area contributed by atoms with Crippen molar-refractivity contribution in [2.45, 2.75) is 291 Å². The average molecular weight is 1460 g/mol. The molecule has 0 aromatic heterocycles. The topological polar surface area (TPSA) is 180 Å². The molecule has 8 fully saturated rings. The first-order valence-electron chi connectivity index (χ1n) is 39.2. The summed E-state index contributed by atoms with van der Waals surface area (Å²) in [6.07, 6.45) is 11.6. The Balaban J connectivity index is 0.000000590. The molecule has 0 unspecified atom stereocenters. The molecule has 1 saturated carbocycles. The second-order valence-electron chi connectivity index (χ2n) is 41.6. The minimum atomic E-state index is -1.15. The lowest BCUT2D eigenvalue weighted by molar-refractivity contribution is -0.154. The molecule has 0 N–H and O–H groups in total. The maximum absolute atomic E-state index is 13.0. The fourth-order valence-corrected chi connectivity index (χ4v) is 12.6. The van der Waals surface area contributed by atoms with E-state index in [4.69, 9.17) is 0 Å². The molecule has 1 aromatic rings. The Bertz CT molecular complexity index is 2850. The molecule has 18 heteroatoms. The maximum atomic E-state index is 13.0. The SMILES string of the molecule is CC(=O)C(C)(C)C.CC(C)(C)C(=O)N1CC(c2ccccc2)C1.CC(C)(C)C(=O)N1CC2(CCCCC2)C1.CC(C)(C)C(=O)N1CCC1.CC(C)(C)C(=O)N1CCCC1.CC1(C)CN(C(=O)C(C)(C)C)C1.CC1(F)CN(C(=O)C(C)(C)C)C1.CCC1CN(C(=O)C(C)(C)C)C1.CN(C)C(=O)C(C)(C)C. The van der Waals surface area contributed by atoms with E-state index < -0.39 is 5.67 Å². The number of hydrogen-bond donors (Lipinski definition) is 0. The maximum Gasteiger partial charge on any atom is 0.228 e. The summed E-state index contributed by atoms with van der Waals surface area (Å²) in [6, 6.07) is 10.4. The molecule has 1 aliphatic carbocycles. The molecule has 17 nitrogen and oxygen atoms in total. The smallest absolute Gasteiger partial charge is 0.228 e. The zero-order valence-corrected chi connectivity index (χ0v) is 72.9. The number of carbonyl (C=O) groups is 9. The first-order chi connectivity index (χ1) is 46.6. The minimum Gasteiger partial charge on any atom is -0.348 e. The Morgan fingerprint density at radius 3 is 0.923 bits per heavy atom. The molecule has 7 saturated heterocycles. The molecule has 7 heterocycles. The van der Waals surface area contributed by atoms with Gasteiger partial charge in [-0.2, -0.15) is 0 Å². The van der Waals surface area contributed by atoms with Gasteiger partial charge in [0.05, 0.1) is 13.1 Å². The minimum absolute atomic E-state index is 0.0395. The number of carbonyl (C=O) groups excluding carboxylic acids is 9. The first-order valence-corrected chi connectivity index (χ1v) is 39.2. The highest BCUT2D eigenvalue weighted by Crippen LogP contribution is 2.45. The number of hydrogen-bond acceptors (Lipinski definition) is 9. The summed E-state index contributed by atoms with van der Waals surface area (Å²) >= 11 is 0. The van der Waals surface area contributed by atoms with E-state index in [1.165, 1.54) is 70.3 Å². The van der Waals surface area contributed by atoms with Crippen molar-refractivity contribution >= 4 is 53.0 Å². The number of rotatable bonds is 2. The molecule has 8 aliphatic rings. The van der Waals surface area contributed by atoms with Crippen LogP contribution in [0.5, 0.6) is 0 Å². The summed E-state index contributed by atoms with van der Waals surface area (Å²) in [4.78, 5) is 118. The van der Waals surface area contributed by atoms with Crippen LogP contribution in [0.3, 0.4) is 0 Å². The van der Waals surface area contributed by atoms with E-state index in [2.05, 4.69) is 49.9 Å². The first kappa shape index (κ1) is 96.6. The van der Waals surface area contributed by atoms with Gasteiger partial charge in [-0.25, -0.2) is 4.39 Å². The monoisotopic (exact) mass is 1460 g/mol. The third-order valence-corrected chi connectivity index (χ3v) is 19.5. The van der Waals surface area contributed by atoms with Crippen LogP contribution < -0.4 is 0 Å². The van der Waals surface area contributed by atoms with Crippen LogP contribution in [0.2, 0.25) is 0 Å². The Labute approximate surface area is 634 Å². The highest BCUT2D eigenvalue weighted by molar-refractivity contribution is 5.86. The summed E-state index contributed by atoms with van der Waals surface area (Å²) in [7, 11) is 3.54. The molecular formula is C86H155FN8O9. The number of benzene rings is 1. The molecule has 104 heavy (non-hydrogen) atoms. The normalized spacial score (nSPS) is 19.0. The van der Waals surface area contributed by atoms with Crippen molar-refractivity contribution in [1.82, 2.24) is 39.2 Å². The van der Waals surface area contributed by atoms with Gasteiger partial charge in [-0.05, 0) is 69.3 Å². The number of alkyl halides is 1. The molecule has 0 radical (unpaired) electrons. The molecule has 0 bridgehead atoms. The summed E-state index contributed by atoms with van der Waals surface area (Å²) < 4.78 is 13.0. The van der Waals surface area contributed by atoms with Crippen LogP contribution in [0.15, 0.2) is 30.3 Å². The number of nitrogens with zero attached hydrogens (tertiary/aromatic N) is 8.